The zero-order valence-corrected chi connectivity index (χ0v) is 10.2. The van der Waals surface area contributed by atoms with Crippen molar-refractivity contribution in [3.05, 3.63) is 34.9 Å². The van der Waals surface area contributed by atoms with Crippen molar-refractivity contribution in [1.29, 1.82) is 0 Å². The summed E-state index contributed by atoms with van der Waals surface area (Å²) in [4.78, 5) is 15.8. The highest BCUT2D eigenvalue weighted by molar-refractivity contribution is 6.33. The summed E-state index contributed by atoms with van der Waals surface area (Å²) in [6.07, 6.45) is 2.20. The Labute approximate surface area is 105 Å². The Morgan fingerprint density at radius 1 is 1.65 bits per heavy atom. The molecule has 91 valence electrons. The number of hydrogen-bond acceptors (Lipinski definition) is 4. The minimum Gasteiger partial charge on any atom is -0.463 e. The van der Waals surface area contributed by atoms with Crippen LogP contribution in [0.1, 0.15) is 18.9 Å². The molecule has 0 heterocycles. The first kappa shape index (κ1) is 13.5. The predicted molar refractivity (Wildman–Crippen MR) is 65.1 cm³/mol. The molecular formula is C12H13ClNO3. The highest BCUT2D eigenvalue weighted by Crippen LogP contribution is 2.11. The van der Waals surface area contributed by atoms with Crippen molar-refractivity contribution >= 4 is 23.8 Å². The van der Waals surface area contributed by atoms with Gasteiger partial charge in [0.15, 0.2) is 0 Å². The van der Waals surface area contributed by atoms with E-state index in [4.69, 9.17) is 21.2 Å². The summed E-state index contributed by atoms with van der Waals surface area (Å²) < 4.78 is 4.80. The van der Waals surface area contributed by atoms with Gasteiger partial charge in [-0.2, -0.15) is 0 Å². The van der Waals surface area contributed by atoms with Gasteiger partial charge in [-0.3, -0.25) is 0 Å². The first-order valence-corrected chi connectivity index (χ1v) is 5.58. The molecule has 0 saturated heterocycles. The van der Waals surface area contributed by atoms with Crippen LogP contribution in [-0.2, 0) is 14.4 Å². The molecule has 1 aromatic carbocycles. The molecule has 0 atom stereocenters. The van der Waals surface area contributed by atoms with Gasteiger partial charge in [0, 0.05) is 10.6 Å². The van der Waals surface area contributed by atoms with Crippen LogP contribution in [-0.4, -0.2) is 25.4 Å². The molecule has 0 aliphatic carbocycles. The van der Waals surface area contributed by atoms with Gasteiger partial charge in [-0.25, -0.2) is 4.79 Å². The van der Waals surface area contributed by atoms with E-state index in [2.05, 4.69) is 11.2 Å². The molecule has 0 saturated carbocycles. The summed E-state index contributed by atoms with van der Waals surface area (Å²) >= 11 is 5.88. The second kappa shape index (κ2) is 7.68. The highest BCUT2D eigenvalue weighted by Gasteiger charge is 2.01. The zero-order valence-electron chi connectivity index (χ0n) is 9.48. The van der Waals surface area contributed by atoms with Crippen LogP contribution >= 0.6 is 11.6 Å². The first-order valence-electron chi connectivity index (χ1n) is 5.20. The van der Waals surface area contributed by atoms with Crippen LogP contribution in [0.25, 0.3) is 0 Å². The molecule has 1 rings (SSSR count). The number of nitrogens with zero attached hydrogens (tertiary/aromatic N) is 1. The van der Waals surface area contributed by atoms with E-state index in [9.17, 15) is 4.79 Å². The van der Waals surface area contributed by atoms with E-state index in [1.807, 2.05) is 6.92 Å². The van der Waals surface area contributed by atoms with Gasteiger partial charge < -0.3 is 9.57 Å². The van der Waals surface area contributed by atoms with E-state index in [-0.39, 0.29) is 6.61 Å². The van der Waals surface area contributed by atoms with Crippen molar-refractivity contribution in [3.63, 3.8) is 0 Å². The van der Waals surface area contributed by atoms with Gasteiger partial charge in [0.25, 0.3) is 0 Å². The minimum absolute atomic E-state index is 0.204. The number of halogens is 1. The summed E-state index contributed by atoms with van der Waals surface area (Å²) in [6.45, 7) is 2.11. The van der Waals surface area contributed by atoms with Gasteiger partial charge in [-0.05, 0) is 24.6 Å². The molecule has 0 aliphatic rings. The third kappa shape index (κ3) is 5.36. The molecule has 0 N–H and O–H groups in total. The Morgan fingerprint density at radius 3 is 3.18 bits per heavy atom. The van der Waals surface area contributed by atoms with E-state index < -0.39 is 5.97 Å². The van der Waals surface area contributed by atoms with Gasteiger partial charge in [0.2, 0.25) is 6.61 Å². The fourth-order valence-corrected chi connectivity index (χ4v) is 1.13. The molecule has 1 aromatic rings. The summed E-state index contributed by atoms with van der Waals surface area (Å²) in [6, 6.07) is 7.92. The number of carbonyl (C=O) groups is 1. The second-order valence-corrected chi connectivity index (χ2v) is 3.58. The van der Waals surface area contributed by atoms with Gasteiger partial charge >= 0.3 is 5.97 Å². The number of carbonyl (C=O) groups excluding carboxylic acids is 1. The van der Waals surface area contributed by atoms with Crippen LogP contribution in [0, 0.1) is 6.07 Å². The maximum atomic E-state index is 11.0. The van der Waals surface area contributed by atoms with Gasteiger partial charge in [-0.15, -0.1) is 0 Å². The van der Waals surface area contributed by atoms with Crippen LogP contribution in [0.4, 0.5) is 0 Å². The second-order valence-electron chi connectivity index (χ2n) is 3.18. The van der Waals surface area contributed by atoms with Crippen molar-refractivity contribution in [2.24, 2.45) is 5.16 Å². The molecule has 0 bridgehead atoms. The van der Waals surface area contributed by atoms with Crippen molar-refractivity contribution in [2.75, 3.05) is 13.2 Å². The summed E-state index contributed by atoms with van der Waals surface area (Å²) in [5, 5.41) is 4.17. The van der Waals surface area contributed by atoms with Crippen LogP contribution in [0.5, 0.6) is 0 Å². The average molecular weight is 255 g/mol. The van der Waals surface area contributed by atoms with Gasteiger partial charge in [0.1, 0.15) is 0 Å². The van der Waals surface area contributed by atoms with Crippen LogP contribution in [0.3, 0.4) is 0 Å². The number of oxime groups is 1. The lowest BCUT2D eigenvalue weighted by Gasteiger charge is -2.01. The third-order valence-electron chi connectivity index (χ3n) is 1.76. The number of ether oxygens (including phenoxy) is 1. The van der Waals surface area contributed by atoms with Crippen LogP contribution in [0.2, 0.25) is 5.02 Å². The Bertz CT molecular complexity index is 393. The molecule has 4 nitrogen and oxygen atoms in total. The molecule has 0 spiro atoms. The summed E-state index contributed by atoms with van der Waals surface area (Å²) in [5.41, 5.74) is 0.677. The monoisotopic (exact) mass is 254 g/mol. The Morgan fingerprint density at radius 2 is 2.47 bits per heavy atom. The molecule has 5 heteroatoms. The molecule has 0 amide bonds. The number of benzene rings is 1. The van der Waals surface area contributed by atoms with Crippen LogP contribution in [0.15, 0.2) is 23.4 Å². The summed E-state index contributed by atoms with van der Waals surface area (Å²) in [7, 11) is 0. The molecular weight excluding hydrogens is 242 g/mol. The molecule has 0 unspecified atom stereocenters. The third-order valence-corrected chi connectivity index (χ3v) is 2.10. The number of rotatable bonds is 6. The fourth-order valence-electron chi connectivity index (χ4n) is 0.965. The average Bonchev–Trinajstić information content (AvgIpc) is 2.34. The molecule has 1 radical (unpaired) electrons. The molecule has 0 aliphatic heterocycles. The predicted octanol–water partition coefficient (Wildman–Crippen LogP) is 2.44. The van der Waals surface area contributed by atoms with Crippen molar-refractivity contribution in [2.45, 2.75) is 13.3 Å². The Kier molecular flexibility index (Phi) is 6.10. The van der Waals surface area contributed by atoms with E-state index in [0.717, 1.165) is 6.42 Å². The van der Waals surface area contributed by atoms with Crippen molar-refractivity contribution in [1.82, 2.24) is 0 Å². The molecule has 17 heavy (non-hydrogen) atoms. The van der Waals surface area contributed by atoms with Gasteiger partial charge in [-0.1, -0.05) is 29.7 Å². The lowest BCUT2D eigenvalue weighted by molar-refractivity contribution is -0.148. The lowest BCUT2D eigenvalue weighted by atomic mass is 10.2. The normalized spacial score (nSPS) is 10.5. The highest BCUT2D eigenvalue weighted by atomic mass is 35.5. The zero-order chi connectivity index (χ0) is 12.5. The van der Waals surface area contributed by atoms with E-state index in [1.165, 1.54) is 6.21 Å². The van der Waals surface area contributed by atoms with Crippen LogP contribution < -0.4 is 0 Å². The Balaban J connectivity index is 2.31. The van der Waals surface area contributed by atoms with E-state index in [1.54, 1.807) is 18.2 Å². The largest absolute Gasteiger partial charge is 0.463 e. The standard InChI is InChI=1S/C12H13ClNO3/c1-2-7-16-12(15)9-17-14-8-10-5-3-4-6-11(10)13/h4-6,8H,2,7,9H2,1H3. The quantitative estimate of drug-likeness (QED) is 0.445. The Hall–Kier alpha value is -1.55. The minimum atomic E-state index is -0.435. The molecule has 0 aromatic heterocycles. The SMILES string of the molecule is CCCOC(=O)CON=Cc1c[c]ccc1Cl. The number of esters is 1. The lowest BCUT2D eigenvalue weighted by Crippen LogP contribution is -2.11. The smallest absolute Gasteiger partial charge is 0.347 e. The van der Waals surface area contributed by atoms with Crippen molar-refractivity contribution < 1.29 is 14.4 Å². The van der Waals surface area contributed by atoms with Crippen molar-refractivity contribution in [3.8, 4) is 0 Å². The fraction of sp³-hybridized carbons (Fsp3) is 0.333. The molecule has 0 fully saturated rings. The maximum absolute atomic E-state index is 11.0. The van der Waals surface area contributed by atoms with Gasteiger partial charge in [0.05, 0.1) is 12.8 Å². The first-order chi connectivity index (χ1) is 8.24. The van der Waals surface area contributed by atoms with E-state index in [0.29, 0.717) is 17.2 Å². The maximum Gasteiger partial charge on any atom is 0.347 e. The van der Waals surface area contributed by atoms with E-state index >= 15 is 0 Å². The summed E-state index contributed by atoms with van der Waals surface area (Å²) in [5.74, 6) is -0.435. The topological polar surface area (TPSA) is 47.9 Å². The number of hydrogen-bond donors (Lipinski definition) is 0.